The Labute approximate surface area is 169 Å². The first-order chi connectivity index (χ1) is 13.2. The van der Waals surface area contributed by atoms with Crippen molar-refractivity contribution in [2.45, 2.75) is 26.4 Å². The van der Waals surface area contributed by atoms with Crippen LogP contribution >= 0.6 is 11.3 Å². The van der Waals surface area contributed by atoms with E-state index >= 15 is 0 Å². The summed E-state index contributed by atoms with van der Waals surface area (Å²) in [6, 6.07) is 1.87. The summed E-state index contributed by atoms with van der Waals surface area (Å²) in [6.07, 6.45) is 3.03. The Morgan fingerprint density at radius 1 is 1.25 bits per heavy atom. The maximum atomic E-state index is 12.5. The number of aromatic nitrogens is 2. The third kappa shape index (κ3) is 5.01. The summed E-state index contributed by atoms with van der Waals surface area (Å²) in [6.45, 7) is 7.96. The SMILES string of the molecule is Bc1nc(C(=O)Nc2cnccc2N2CCN(C(=O)OC(C)(C)C)CC2)cs1. The lowest BCUT2D eigenvalue weighted by Crippen LogP contribution is -2.50. The van der Waals surface area contributed by atoms with Gasteiger partial charge in [-0.15, -0.1) is 11.3 Å². The molecule has 0 aliphatic carbocycles. The molecule has 1 aliphatic rings. The van der Waals surface area contributed by atoms with E-state index in [9.17, 15) is 9.59 Å². The summed E-state index contributed by atoms with van der Waals surface area (Å²) in [5.74, 6) is -0.258. The fourth-order valence-corrected chi connectivity index (χ4v) is 3.46. The summed E-state index contributed by atoms with van der Waals surface area (Å²) in [5.41, 5.74) is 1.39. The number of piperazine rings is 1. The molecule has 3 rings (SSSR count). The third-order valence-corrected chi connectivity index (χ3v) is 4.94. The molecule has 3 heterocycles. The Balaban J connectivity index is 1.65. The number of nitrogens with one attached hydrogen (secondary N) is 1. The highest BCUT2D eigenvalue weighted by Crippen LogP contribution is 2.26. The van der Waals surface area contributed by atoms with Gasteiger partial charge in [-0.05, 0) is 26.8 Å². The van der Waals surface area contributed by atoms with Crippen molar-refractivity contribution < 1.29 is 14.3 Å². The van der Waals surface area contributed by atoms with E-state index in [0.717, 1.165) is 10.6 Å². The Kier molecular flexibility index (Phi) is 5.88. The molecular weight excluding hydrogens is 377 g/mol. The van der Waals surface area contributed by atoms with Gasteiger partial charge in [0.25, 0.3) is 5.91 Å². The maximum Gasteiger partial charge on any atom is 0.410 e. The first-order valence-corrected chi connectivity index (χ1v) is 10.0. The van der Waals surface area contributed by atoms with E-state index in [4.69, 9.17) is 4.74 Å². The number of hydrogen-bond donors (Lipinski definition) is 1. The molecule has 0 unspecified atom stereocenters. The van der Waals surface area contributed by atoms with Crippen molar-refractivity contribution in [2.24, 2.45) is 0 Å². The van der Waals surface area contributed by atoms with Gasteiger partial charge in [-0.25, -0.2) is 9.78 Å². The molecule has 1 fully saturated rings. The molecule has 1 aliphatic heterocycles. The molecular formula is C18H24BN5O3S. The van der Waals surface area contributed by atoms with E-state index in [-0.39, 0.29) is 12.0 Å². The summed E-state index contributed by atoms with van der Waals surface area (Å²) in [5, 5.41) is 4.63. The number of nitrogens with zero attached hydrogens (tertiary/aromatic N) is 4. The van der Waals surface area contributed by atoms with Gasteiger partial charge in [-0.1, -0.05) is 0 Å². The molecule has 0 atom stereocenters. The van der Waals surface area contributed by atoms with Gasteiger partial charge in [0.2, 0.25) is 0 Å². The van der Waals surface area contributed by atoms with Gasteiger partial charge in [0.15, 0.2) is 7.85 Å². The van der Waals surface area contributed by atoms with Crippen LogP contribution in [0.4, 0.5) is 16.2 Å². The second kappa shape index (κ2) is 8.18. The number of rotatable bonds is 3. The lowest BCUT2D eigenvalue weighted by Gasteiger charge is -2.37. The minimum absolute atomic E-state index is 0.258. The number of hydrogen-bond acceptors (Lipinski definition) is 7. The van der Waals surface area contributed by atoms with Crippen LogP contribution in [-0.4, -0.2) is 66.5 Å². The average molecular weight is 401 g/mol. The molecule has 0 spiro atoms. The van der Waals surface area contributed by atoms with Crippen LogP contribution < -0.4 is 15.1 Å². The molecule has 0 aromatic carbocycles. The minimum Gasteiger partial charge on any atom is -0.444 e. The van der Waals surface area contributed by atoms with E-state index in [1.165, 1.54) is 11.3 Å². The van der Waals surface area contributed by atoms with Crippen LogP contribution in [0.1, 0.15) is 31.3 Å². The highest BCUT2D eigenvalue weighted by molar-refractivity contribution is 7.17. The van der Waals surface area contributed by atoms with Gasteiger partial charge in [0.05, 0.1) is 17.6 Å². The van der Waals surface area contributed by atoms with Crippen molar-refractivity contribution in [2.75, 3.05) is 36.4 Å². The van der Waals surface area contributed by atoms with Gasteiger partial charge in [0, 0.05) is 42.7 Å². The first kappa shape index (κ1) is 20.1. The van der Waals surface area contributed by atoms with E-state index in [2.05, 4.69) is 20.2 Å². The normalized spacial score (nSPS) is 14.7. The highest BCUT2D eigenvalue weighted by atomic mass is 32.1. The molecule has 2 aromatic heterocycles. The van der Waals surface area contributed by atoms with E-state index in [1.54, 1.807) is 22.7 Å². The van der Waals surface area contributed by atoms with Crippen molar-refractivity contribution >= 4 is 47.5 Å². The summed E-state index contributed by atoms with van der Waals surface area (Å²) in [4.78, 5) is 37.7. The van der Waals surface area contributed by atoms with Gasteiger partial charge >= 0.3 is 6.09 Å². The zero-order valence-corrected chi connectivity index (χ0v) is 17.4. The summed E-state index contributed by atoms with van der Waals surface area (Å²) < 4.78 is 5.44. The smallest absolute Gasteiger partial charge is 0.410 e. The van der Waals surface area contributed by atoms with Gasteiger partial charge in [0.1, 0.15) is 11.3 Å². The second-order valence-corrected chi connectivity index (χ2v) is 8.62. The van der Waals surface area contributed by atoms with Gasteiger partial charge < -0.3 is 19.9 Å². The lowest BCUT2D eigenvalue weighted by atomic mass is 10.2. The van der Waals surface area contributed by atoms with E-state index in [0.29, 0.717) is 37.6 Å². The molecule has 0 saturated carbocycles. The maximum absolute atomic E-state index is 12.5. The van der Waals surface area contributed by atoms with E-state index in [1.807, 2.05) is 34.7 Å². The Morgan fingerprint density at radius 2 is 1.96 bits per heavy atom. The molecule has 28 heavy (non-hydrogen) atoms. The van der Waals surface area contributed by atoms with Crippen LogP contribution in [0.2, 0.25) is 0 Å². The van der Waals surface area contributed by atoms with Gasteiger partial charge in [-0.2, -0.15) is 0 Å². The third-order valence-electron chi connectivity index (χ3n) is 4.17. The number of thiazole rings is 1. The van der Waals surface area contributed by atoms with Crippen LogP contribution in [-0.2, 0) is 4.74 Å². The van der Waals surface area contributed by atoms with Crippen LogP contribution in [0.5, 0.6) is 0 Å². The molecule has 1 saturated heterocycles. The average Bonchev–Trinajstić information content (AvgIpc) is 3.07. The standard InChI is InChI=1S/C18H24BN5O3S/c1-18(2,3)27-17(26)24-8-6-23(7-9-24)14-4-5-20-10-12(14)21-15(25)13-11-28-16(19)22-13/h4-5,10-11H,6-9,19H2,1-3H3,(H,21,25). The number of ether oxygens (including phenoxy) is 1. The Morgan fingerprint density at radius 3 is 2.57 bits per heavy atom. The topological polar surface area (TPSA) is 87.7 Å². The van der Waals surface area contributed by atoms with E-state index < -0.39 is 5.60 Å². The van der Waals surface area contributed by atoms with Crippen molar-refractivity contribution in [1.29, 1.82) is 0 Å². The predicted octanol–water partition coefficient (Wildman–Crippen LogP) is 1.11. The Hall–Kier alpha value is -2.62. The molecule has 1 N–H and O–H groups in total. The van der Waals surface area contributed by atoms with Crippen molar-refractivity contribution in [3.8, 4) is 0 Å². The largest absolute Gasteiger partial charge is 0.444 e. The van der Waals surface area contributed by atoms with Crippen molar-refractivity contribution in [1.82, 2.24) is 14.9 Å². The molecule has 0 radical (unpaired) electrons. The first-order valence-electron chi connectivity index (χ1n) is 9.13. The van der Waals surface area contributed by atoms with Crippen molar-refractivity contribution in [3.05, 3.63) is 29.5 Å². The molecule has 2 amide bonds. The van der Waals surface area contributed by atoms with Crippen LogP contribution in [0.3, 0.4) is 0 Å². The molecule has 0 bridgehead atoms. The summed E-state index contributed by atoms with van der Waals surface area (Å²) in [7, 11) is 1.86. The minimum atomic E-state index is -0.509. The summed E-state index contributed by atoms with van der Waals surface area (Å²) >= 11 is 1.43. The number of pyridine rings is 1. The number of anilines is 2. The van der Waals surface area contributed by atoms with Crippen LogP contribution in [0.15, 0.2) is 23.8 Å². The molecule has 148 valence electrons. The molecule has 10 heteroatoms. The van der Waals surface area contributed by atoms with Crippen LogP contribution in [0.25, 0.3) is 0 Å². The lowest BCUT2D eigenvalue weighted by molar-refractivity contribution is 0.0240. The zero-order chi connectivity index (χ0) is 20.3. The van der Waals surface area contributed by atoms with Crippen molar-refractivity contribution in [3.63, 3.8) is 0 Å². The fourth-order valence-electron chi connectivity index (χ4n) is 2.87. The number of carbonyl (C=O) groups is 2. The van der Waals surface area contributed by atoms with Crippen LogP contribution in [0, 0.1) is 0 Å². The zero-order valence-electron chi connectivity index (χ0n) is 16.6. The predicted molar refractivity (Wildman–Crippen MR) is 113 cm³/mol. The molecule has 8 nitrogen and oxygen atoms in total. The highest BCUT2D eigenvalue weighted by Gasteiger charge is 2.27. The van der Waals surface area contributed by atoms with Gasteiger partial charge in [-0.3, -0.25) is 9.78 Å². The monoisotopic (exact) mass is 401 g/mol. The second-order valence-electron chi connectivity index (χ2n) is 7.55. The number of carbonyl (C=O) groups excluding carboxylic acids is 2. The Bertz CT molecular complexity index is 859. The number of amides is 2. The fraction of sp³-hybridized carbons (Fsp3) is 0.444. The quantitative estimate of drug-likeness (QED) is 0.776. The molecule has 2 aromatic rings.